The number of rotatable bonds is 2. The van der Waals surface area contributed by atoms with Gasteiger partial charge in [0.25, 0.3) is 0 Å². The highest BCUT2D eigenvalue weighted by atomic mass is 32.2. The van der Waals surface area contributed by atoms with Gasteiger partial charge in [0.2, 0.25) is 0 Å². The molecule has 116 valence electrons. The molecule has 0 aliphatic carbocycles. The minimum absolute atomic E-state index is 0.0760. The highest BCUT2D eigenvalue weighted by Crippen LogP contribution is 2.35. The molecular weight excluding hydrogens is 286 g/mol. The Morgan fingerprint density at radius 3 is 2.71 bits per heavy atom. The van der Waals surface area contributed by atoms with Crippen LogP contribution >= 0.6 is 0 Å². The molecule has 6 heteroatoms. The molecule has 1 aromatic rings. The second-order valence-electron chi connectivity index (χ2n) is 6.14. The van der Waals surface area contributed by atoms with E-state index in [2.05, 4.69) is 6.92 Å². The summed E-state index contributed by atoms with van der Waals surface area (Å²) in [5.74, 6) is 0.427. The predicted octanol–water partition coefficient (Wildman–Crippen LogP) is 1.87. The highest BCUT2D eigenvalue weighted by molar-refractivity contribution is 7.90. The smallest absolute Gasteiger partial charge is 0.304 e. The van der Waals surface area contributed by atoms with Crippen molar-refractivity contribution in [2.45, 2.75) is 32.2 Å². The van der Waals surface area contributed by atoms with Crippen molar-refractivity contribution in [2.24, 2.45) is 11.7 Å². The van der Waals surface area contributed by atoms with Crippen LogP contribution in [0, 0.1) is 5.92 Å². The summed E-state index contributed by atoms with van der Waals surface area (Å²) in [7, 11) is -3.44. The van der Waals surface area contributed by atoms with Crippen molar-refractivity contribution in [2.75, 3.05) is 23.9 Å². The van der Waals surface area contributed by atoms with Gasteiger partial charge in [-0.2, -0.15) is 12.7 Å². The Kier molecular flexibility index (Phi) is 3.94. The second kappa shape index (κ2) is 5.59. The van der Waals surface area contributed by atoms with Crippen LogP contribution in [-0.4, -0.2) is 32.4 Å². The fourth-order valence-electron chi connectivity index (χ4n) is 3.30. The molecule has 0 radical (unpaired) electrons. The highest BCUT2D eigenvalue weighted by Gasteiger charge is 2.36. The summed E-state index contributed by atoms with van der Waals surface area (Å²) >= 11 is 0. The number of fused-ring (bicyclic) bond motifs is 1. The lowest BCUT2D eigenvalue weighted by atomic mass is 9.99. The Morgan fingerprint density at radius 2 is 1.95 bits per heavy atom. The number of hydrogen-bond acceptors (Lipinski definition) is 3. The van der Waals surface area contributed by atoms with Gasteiger partial charge in [0.05, 0.1) is 5.69 Å². The molecule has 21 heavy (non-hydrogen) atoms. The molecule has 2 heterocycles. The molecule has 0 bridgehead atoms. The Hall–Kier alpha value is -1.11. The van der Waals surface area contributed by atoms with Gasteiger partial charge in [-0.05, 0) is 36.8 Å². The molecule has 2 aliphatic rings. The zero-order valence-corrected chi connectivity index (χ0v) is 13.2. The SMILES string of the molecule is CC1CCCN(S(=O)(=O)N2CCC(N)c3ccccc32)C1. The van der Waals surface area contributed by atoms with Gasteiger partial charge in [-0.1, -0.05) is 25.1 Å². The third kappa shape index (κ3) is 2.67. The van der Waals surface area contributed by atoms with Crippen LogP contribution in [0.5, 0.6) is 0 Å². The van der Waals surface area contributed by atoms with Crippen molar-refractivity contribution in [3.05, 3.63) is 29.8 Å². The van der Waals surface area contributed by atoms with E-state index in [1.807, 2.05) is 24.3 Å². The maximum atomic E-state index is 13.0. The fraction of sp³-hybridized carbons (Fsp3) is 0.600. The molecule has 0 saturated carbocycles. The number of para-hydroxylation sites is 1. The molecular formula is C15H23N3O2S. The van der Waals surface area contributed by atoms with Crippen molar-refractivity contribution in [3.8, 4) is 0 Å². The van der Waals surface area contributed by atoms with Crippen molar-refractivity contribution < 1.29 is 8.42 Å². The van der Waals surface area contributed by atoms with Gasteiger partial charge in [0, 0.05) is 25.7 Å². The lowest BCUT2D eigenvalue weighted by Crippen LogP contribution is -2.50. The van der Waals surface area contributed by atoms with E-state index < -0.39 is 10.2 Å². The Bertz CT molecular complexity index is 617. The number of anilines is 1. The fourth-order valence-corrected chi connectivity index (χ4v) is 5.13. The molecule has 0 aromatic heterocycles. The molecule has 5 nitrogen and oxygen atoms in total. The third-order valence-corrected chi connectivity index (χ3v) is 6.39. The Morgan fingerprint density at radius 1 is 1.19 bits per heavy atom. The summed E-state index contributed by atoms with van der Waals surface area (Å²) in [5.41, 5.74) is 7.79. The summed E-state index contributed by atoms with van der Waals surface area (Å²) in [6.45, 7) is 3.82. The zero-order valence-electron chi connectivity index (χ0n) is 12.4. The van der Waals surface area contributed by atoms with Crippen LogP contribution in [0.4, 0.5) is 5.69 Å². The summed E-state index contributed by atoms with van der Waals surface area (Å²) in [6.07, 6.45) is 2.71. The molecule has 2 N–H and O–H groups in total. The van der Waals surface area contributed by atoms with Crippen LogP contribution in [0.25, 0.3) is 0 Å². The summed E-state index contributed by atoms with van der Waals surface area (Å²) < 4.78 is 29.1. The average Bonchev–Trinajstić information content (AvgIpc) is 2.47. The molecule has 0 amide bonds. The first-order valence-electron chi connectivity index (χ1n) is 7.62. The van der Waals surface area contributed by atoms with Crippen molar-refractivity contribution in [1.82, 2.24) is 4.31 Å². The second-order valence-corrected chi connectivity index (χ2v) is 7.99. The van der Waals surface area contributed by atoms with E-state index in [1.165, 1.54) is 0 Å². The average molecular weight is 309 g/mol. The van der Waals surface area contributed by atoms with E-state index in [4.69, 9.17) is 5.73 Å². The first kappa shape index (κ1) is 14.8. The Balaban J connectivity index is 1.95. The Labute approximate surface area is 126 Å². The molecule has 3 rings (SSSR count). The molecule has 1 fully saturated rings. The monoisotopic (exact) mass is 309 g/mol. The molecule has 2 unspecified atom stereocenters. The number of nitrogens with two attached hydrogens (primary N) is 1. The lowest BCUT2D eigenvalue weighted by molar-refractivity contribution is 0.280. The van der Waals surface area contributed by atoms with E-state index in [1.54, 1.807) is 8.61 Å². The first-order valence-corrected chi connectivity index (χ1v) is 9.02. The van der Waals surface area contributed by atoms with Gasteiger partial charge in [0.15, 0.2) is 0 Å². The van der Waals surface area contributed by atoms with E-state index in [0.717, 1.165) is 24.1 Å². The quantitative estimate of drug-likeness (QED) is 0.907. The molecule has 0 spiro atoms. The maximum Gasteiger partial charge on any atom is 0.304 e. The number of piperidine rings is 1. The van der Waals surface area contributed by atoms with Crippen molar-refractivity contribution in [3.63, 3.8) is 0 Å². The van der Waals surface area contributed by atoms with Crippen molar-refractivity contribution >= 4 is 15.9 Å². The third-order valence-electron chi connectivity index (χ3n) is 4.47. The molecule has 1 aromatic carbocycles. The predicted molar refractivity (Wildman–Crippen MR) is 84.2 cm³/mol. The van der Waals surface area contributed by atoms with Crippen LogP contribution in [0.3, 0.4) is 0 Å². The van der Waals surface area contributed by atoms with Crippen LogP contribution in [0.1, 0.15) is 37.8 Å². The lowest BCUT2D eigenvalue weighted by Gasteiger charge is -2.39. The minimum Gasteiger partial charge on any atom is -0.324 e. The first-order chi connectivity index (χ1) is 10.00. The summed E-state index contributed by atoms with van der Waals surface area (Å²) in [4.78, 5) is 0. The van der Waals surface area contributed by atoms with Gasteiger partial charge in [-0.25, -0.2) is 0 Å². The van der Waals surface area contributed by atoms with Gasteiger partial charge < -0.3 is 5.73 Å². The molecule has 2 atom stereocenters. The van der Waals surface area contributed by atoms with Crippen molar-refractivity contribution in [1.29, 1.82) is 0 Å². The van der Waals surface area contributed by atoms with Gasteiger partial charge in [-0.15, -0.1) is 0 Å². The summed E-state index contributed by atoms with van der Waals surface area (Å²) in [5, 5.41) is 0. The maximum absolute atomic E-state index is 13.0. The standard InChI is InChI=1S/C15H23N3O2S/c1-12-5-4-9-17(11-12)21(19,20)18-10-8-14(16)13-6-2-3-7-15(13)18/h2-3,6-7,12,14H,4-5,8-11,16H2,1H3. The normalized spacial score (nSPS) is 27.4. The van der Waals surface area contributed by atoms with Crippen LogP contribution in [0.2, 0.25) is 0 Å². The molecule has 1 saturated heterocycles. The van der Waals surface area contributed by atoms with E-state index in [9.17, 15) is 8.42 Å². The van der Waals surface area contributed by atoms with E-state index in [-0.39, 0.29) is 6.04 Å². The largest absolute Gasteiger partial charge is 0.324 e. The number of hydrogen-bond donors (Lipinski definition) is 1. The number of benzene rings is 1. The summed E-state index contributed by atoms with van der Waals surface area (Å²) in [6, 6.07) is 7.50. The van der Waals surface area contributed by atoms with Crippen LogP contribution in [-0.2, 0) is 10.2 Å². The van der Waals surface area contributed by atoms with Gasteiger partial charge in [0.1, 0.15) is 0 Å². The minimum atomic E-state index is -3.44. The van der Waals surface area contributed by atoms with E-state index >= 15 is 0 Å². The van der Waals surface area contributed by atoms with Gasteiger partial charge >= 0.3 is 10.2 Å². The molecule has 2 aliphatic heterocycles. The van der Waals surface area contributed by atoms with E-state index in [0.29, 0.717) is 32.0 Å². The van der Waals surface area contributed by atoms with Gasteiger partial charge in [-0.3, -0.25) is 4.31 Å². The zero-order chi connectivity index (χ0) is 15.0. The van der Waals surface area contributed by atoms with Crippen LogP contribution in [0.15, 0.2) is 24.3 Å². The number of nitrogens with zero attached hydrogens (tertiary/aromatic N) is 2. The topological polar surface area (TPSA) is 66.6 Å². The van der Waals surface area contributed by atoms with Crippen LogP contribution < -0.4 is 10.0 Å².